The van der Waals surface area contributed by atoms with Gasteiger partial charge in [0.2, 0.25) is 15.9 Å². The number of hydrogen-bond donors (Lipinski definition) is 1. The number of rotatable bonds is 3. The van der Waals surface area contributed by atoms with Crippen LogP contribution in [0.3, 0.4) is 0 Å². The summed E-state index contributed by atoms with van der Waals surface area (Å²) >= 11 is 0. The lowest BCUT2D eigenvalue weighted by Crippen LogP contribution is -2.49. The van der Waals surface area contributed by atoms with Crippen molar-refractivity contribution in [1.29, 1.82) is 0 Å². The second-order valence-electron chi connectivity index (χ2n) is 6.26. The Labute approximate surface area is 131 Å². The molecule has 0 bridgehead atoms. The number of benzene rings is 1. The Morgan fingerprint density at radius 1 is 1.05 bits per heavy atom. The number of amides is 1. The van der Waals surface area contributed by atoms with Crippen LogP contribution in [-0.4, -0.2) is 31.2 Å². The van der Waals surface area contributed by atoms with Gasteiger partial charge in [-0.3, -0.25) is 4.79 Å². The molecule has 2 atom stereocenters. The van der Waals surface area contributed by atoms with Crippen molar-refractivity contribution in [3.63, 3.8) is 0 Å². The first-order valence-electron chi connectivity index (χ1n) is 7.92. The third-order valence-corrected chi connectivity index (χ3v) is 6.88. The molecule has 0 spiro atoms. The van der Waals surface area contributed by atoms with Gasteiger partial charge in [-0.25, -0.2) is 8.42 Å². The molecule has 1 saturated carbocycles. The maximum Gasteiger partial charge on any atom is 0.248 e. The van der Waals surface area contributed by atoms with Crippen molar-refractivity contribution in [3.05, 3.63) is 29.8 Å². The van der Waals surface area contributed by atoms with Crippen LogP contribution in [0.4, 0.5) is 0 Å². The van der Waals surface area contributed by atoms with E-state index in [1.807, 2.05) is 0 Å². The smallest absolute Gasteiger partial charge is 0.248 e. The van der Waals surface area contributed by atoms with E-state index in [1.54, 1.807) is 4.31 Å². The second-order valence-corrected chi connectivity index (χ2v) is 8.15. The van der Waals surface area contributed by atoms with Crippen LogP contribution in [0, 0.1) is 5.92 Å². The summed E-state index contributed by atoms with van der Waals surface area (Å²) in [5, 5.41) is 0. The van der Waals surface area contributed by atoms with Gasteiger partial charge >= 0.3 is 0 Å². The van der Waals surface area contributed by atoms with Crippen molar-refractivity contribution < 1.29 is 13.2 Å². The van der Waals surface area contributed by atoms with Crippen LogP contribution < -0.4 is 5.73 Å². The quantitative estimate of drug-likeness (QED) is 0.925. The number of sulfonamides is 1. The number of piperidine rings is 1. The molecule has 120 valence electrons. The van der Waals surface area contributed by atoms with Gasteiger partial charge in [0, 0.05) is 18.2 Å². The summed E-state index contributed by atoms with van der Waals surface area (Å²) in [4.78, 5) is 11.4. The SMILES string of the molecule is NC(=O)c1ccc(S(=O)(=O)N2CCC[C@@H]3CCCC[C@@H]32)cc1. The predicted octanol–water partition coefficient (Wildman–Crippen LogP) is 2.13. The Balaban J connectivity index is 1.89. The molecule has 0 aromatic heterocycles. The van der Waals surface area contributed by atoms with Gasteiger partial charge in [-0.2, -0.15) is 4.31 Å². The van der Waals surface area contributed by atoms with Gasteiger partial charge < -0.3 is 5.73 Å². The number of fused-ring (bicyclic) bond motifs is 1. The molecule has 1 aromatic carbocycles. The first-order chi connectivity index (χ1) is 10.5. The molecule has 1 amide bonds. The van der Waals surface area contributed by atoms with Gasteiger partial charge in [0.05, 0.1) is 4.90 Å². The van der Waals surface area contributed by atoms with Crippen LogP contribution in [-0.2, 0) is 10.0 Å². The summed E-state index contributed by atoms with van der Waals surface area (Å²) in [6, 6.07) is 6.09. The van der Waals surface area contributed by atoms with Gasteiger partial charge in [0.1, 0.15) is 0 Å². The van der Waals surface area contributed by atoms with Crippen LogP contribution in [0.1, 0.15) is 48.9 Å². The third kappa shape index (κ3) is 2.77. The molecule has 0 unspecified atom stereocenters. The molecule has 1 saturated heterocycles. The second kappa shape index (κ2) is 6.01. The minimum atomic E-state index is -3.49. The summed E-state index contributed by atoms with van der Waals surface area (Å²) in [6.45, 7) is 0.598. The molecule has 1 aliphatic carbocycles. The normalized spacial score (nSPS) is 26.4. The van der Waals surface area contributed by atoms with Crippen LogP contribution in [0.2, 0.25) is 0 Å². The molecule has 2 aliphatic rings. The maximum atomic E-state index is 12.9. The average Bonchev–Trinajstić information content (AvgIpc) is 2.54. The standard InChI is InChI=1S/C16H22N2O3S/c17-16(19)13-7-9-14(10-8-13)22(20,21)18-11-3-5-12-4-1-2-6-15(12)18/h7-10,12,15H,1-6,11H2,(H2,17,19)/t12-,15-/m0/s1. The van der Waals surface area contributed by atoms with E-state index >= 15 is 0 Å². The minimum absolute atomic E-state index is 0.142. The molecule has 22 heavy (non-hydrogen) atoms. The van der Waals surface area contributed by atoms with E-state index in [0.717, 1.165) is 32.1 Å². The molecule has 6 heteroatoms. The lowest BCUT2D eigenvalue weighted by molar-refractivity contribution is 0.1000. The first-order valence-corrected chi connectivity index (χ1v) is 9.36. The highest BCUT2D eigenvalue weighted by molar-refractivity contribution is 7.89. The Bertz CT molecular complexity index is 652. The molecule has 3 rings (SSSR count). The van der Waals surface area contributed by atoms with E-state index in [0.29, 0.717) is 18.0 Å². The van der Waals surface area contributed by atoms with Crippen LogP contribution in [0.25, 0.3) is 0 Å². The average molecular weight is 322 g/mol. The highest BCUT2D eigenvalue weighted by Crippen LogP contribution is 2.37. The van der Waals surface area contributed by atoms with Crippen molar-refractivity contribution in [2.24, 2.45) is 11.7 Å². The summed E-state index contributed by atoms with van der Waals surface area (Å²) in [7, 11) is -3.49. The molecular weight excluding hydrogens is 300 g/mol. The summed E-state index contributed by atoms with van der Waals surface area (Å²) in [6.07, 6.45) is 6.48. The molecule has 2 fully saturated rings. The number of carbonyl (C=O) groups excluding carboxylic acids is 1. The predicted molar refractivity (Wildman–Crippen MR) is 83.8 cm³/mol. The topological polar surface area (TPSA) is 80.5 Å². The molecular formula is C16H22N2O3S. The van der Waals surface area contributed by atoms with E-state index in [-0.39, 0.29) is 10.9 Å². The zero-order chi connectivity index (χ0) is 15.7. The minimum Gasteiger partial charge on any atom is -0.366 e. The number of carbonyl (C=O) groups is 1. The number of nitrogens with two attached hydrogens (primary N) is 1. The number of primary amides is 1. The highest BCUT2D eigenvalue weighted by Gasteiger charge is 2.39. The van der Waals surface area contributed by atoms with Crippen molar-refractivity contribution in [2.45, 2.75) is 49.5 Å². The van der Waals surface area contributed by atoms with Crippen LogP contribution in [0.5, 0.6) is 0 Å². The van der Waals surface area contributed by atoms with E-state index in [2.05, 4.69) is 0 Å². The third-order valence-electron chi connectivity index (χ3n) is 4.94. The van der Waals surface area contributed by atoms with Gasteiger partial charge in [-0.15, -0.1) is 0 Å². The number of nitrogens with zero attached hydrogens (tertiary/aromatic N) is 1. The van der Waals surface area contributed by atoms with Gasteiger partial charge in [-0.05, 0) is 55.9 Å². The molecule has 1 aliphatic heterocycles. The Kier molecular flexibility index (Phi) is 4.23. The maximum absolute atomic E-state index is 12.9. The van der Waals surface area contributed by atoms with E-state index < -0.39 is 15.9 Å². The Morgan fingerprint density at radius 2 is 1.68 bits per heavy atom. The van der Waals surface area contributed by atoms with E-state index in [9.17, 15) is 13.2 Å². The monoisotopic (exact) mass is 322 g/mol. The molecule has 2 N–H and O–H groups in total. The lowest BCUT2D eigenvalue weighted by Gasteiger charge is -2.43. The summed E-state index contributed by atoms with van der Waals surface area (Å²) in [5.74, 6) is -0.0450. The first kappa shape index (κ1) is 15.5. The molecule has 5 nitrogen and oxygen atoms in total. The van der Waals surface area contributed by atoms with Gasteiger partial charge in [0.25, 0.3) is 0 Å². The van der Waals surface area contributed by atoms with E-state index in [4.69, 9.17) is 5.73 Å². The van der Waals surface area contributed by atoms with Crippen molar-refractivity contribution in [3.8, 4) is 0 Å². The highest BCUT2D eigenvalue weighted by atomic mass is 32.2. The van der Waals surface area contributed by atoms with Gasteiger partial charge in [-0.1, -0.05) is 12.8 Å². The molecule has 0 radical (unpaired) electrons. The Hall–Kier alpha value is -1.40. The van der Waals surface area contributed by atoms with Crippen LogP contribution in [0.15, 0.2) is 29.2 Å². The largest absolute Gasteiger partial charge is 0.366 e. The van der Waals surface area contributed by atoms with Crippen LogP contribution >= 0.6 is 0 Å². The zero-order valence-electron chi connectivity index (χ0n) is 12.6. The fraction of sp³-hybridized carbons (Fsp3) is 0.562. The summed E-state index contributed by atoms with van der Waals surface area (Å²) in [5.41, 5.74) is 5.53. The van der Waals surface area contributed by atoms with E-state index in [1.165, 1.54) is 30.7 Å². The number of hydrogen-bond acceptors (Lipinski definition) is 3. The lowest BCUT2D eigenvalue weighted by atomic mass is 9.79. The van der Waals surface area contributed by atoms with Crippen molar-refractivity contribution in [2.75, 3.05) is 6.54 Å². The van der Waals surface area contributed by atoms with Crippen molar-refractivity contribution in [1.82, 2.24) is 4.31 Å². The fourth-order valence-corrected chi connectivity index (χ4v) is 5.56. The molecule has 1 heterocycles. The summed E-state index contributed by atoms with van der Waals surface area (Å²) < 4.78 is 27.6. The van der Waals surface area contributed by atoms with Gasteiger partial charge in [0.15, 0.2) is 0 Å². The fourth-order valence-electron chi connectivity index (χ4n) is 3.80. The Morgan fingerprint density at radius 3 is 2.36 bits per heavy atom. The van der Waals surface area contributed by atoms with Crippen molar-refractivity contribution >= 4 is 15.9 Å². The molecule has 1 aromatic rings. The zero-order valence-corrected chi connectivity index (χ0v) is 13.4.